The number of aromatic nitrogens is 2. The molecule has 5 rings (SSSR count). The van der Waals surface area contributed by atoms with Crippen molar-refractivity contribution in [3.8, 4) is 0 Å². The van der Waals surface area contributed by atoms with Crippen molar-refractivity contribution in [3.63, 3.8) is 0 Å². The molecule has 0 fully saturated rings. The van der Waals surface area contributed by atoms with E-state index in [0.717, 1.165) is 17.8 Å². The summed E-state index contributed by atoms with van der Waals surface area (Å²) in [6.07, 6.45) is 0.813. The maximum Gasteiger partial charge on any atom is 0.114 e. The summed E-state index contributed by atoms with van der Waals surface area (Å²) in [7, 11) is 0. The molecule has 0 N–H and O–H groups in total. The molecule has 1 aromatic heterocycles. The lowest BCUT2D eigenvalue weighted by Gasteiger charge is -2.19. The fourth-order valence-corrected chi connectivity index (χ4v) is 4.15. The minimum atomic E-state index is 0.221. The van der Waals surface area contributed by atoms with E-state index >= 15 is 0 Å². The molecule has 2 heteroatoms. The predicted octanol–water partition coefficient (Wildman–Crippen LogP) is 6.39. The van der Waals surface area contributed by atoms with E-state index in [2.05, 4.69) is 109 Å². The molecule has 0 aliphatic rings. The quantitative estimate of drug-likeness (QED) is 0.362. The third-order valence-electron chi connectivity index (χ3n) is 5.57. The highest BCUT2D eigenvalue weighted by molar-refractivity contribution is 5.86. The van der Waals surface area contributed by atoms with Crippen molar-refractivity contribution in [2.75, 3.05) is 0 Å². The fourth-order valence-electron chi connectivity index (χ4n) is 4.15. The van der Waals surface area contributed by atoms with Crippen molar-refractivity contribution in [2.45, 2.75) is 19.4 Å². The number of hydrogen-bond donors (Lipinski definition) is 0. The van der Waals surface area contributed by atoms with Crippen molar-refractivity contribution in [1.29, 1.82) is 0 Å². The lowest BCUT2D eigenvalue weighted by Crippen LogP contribution is -2.11. The van der Waals surface area contributed by atoms with Crippen molar-refractivity contribution in [1.82, 2.24) is 9.55 Å². The molecule has 0 unspecified atom stereocenters. The Morgan fingerprint density at radius 1 is 0.750 bits per heavy atom. The Balaban J connectivity index is 1.67. The first-order chi connectivity index (χ1) is 13.8. The van der Waals surface area contributed by atoms with Gasteiger partial charge in [0.15, 0.2) is 0 Å². The first-order valence-electron chi connectivity index (χ1n) is 9.79. The molecule has 136 valence electrons. The molecule has 5 aromatic rings. The number of fused-ring (bicyclic) bond motifs is 2. The third kappa shape index (κ3) is 2.87. The average molecular weight is 362 g/mol. The Kier molecular flexibility index (Phi) is 4.17. The molecule has 0 bridgehead atoms. The summed E-state index contributed by atoms with van der Waals surface area (Å²) in [6.45, 7) is 2.26. The van der Waals surface area contributed by atoms with Crippen LogP contribution in [0.2, 0.25) is 0 Å². The van der Waals surface area contributed by atoms with E-state index in [1.54, 1.807) is 0 Å². The maximum absolute atomic E-state index is 5.02. The Morgan fingerprint density at radius 3 is 2.36 bits per heavy atom. The minimum absolute atomic E-state index is 0.221. The van der Waals surface area contributed by atoms with Crippen molar-refractivity contribution >= 4 is 21.8 Å². The number of hydrogen-bond acceptors (Lipinski definition) is 1. The molecular weight excluding hydrogens is 340 g/mol. The summed E-state index contributed by atoms with van der Waals surface area (Å²) < 4.78 is 2.40. The second-order valence-electron chi connectivity index (χ2n) is 7.29. The monoisotopic (exact) mass is 362 g/mol. The van der Waals surface area contributed by atoms with Crippen molar-refractivity contribution in [2.24, 2.45) is 0 Å². The van der Waals surface area contributed by atoms with E-state index in [0.29, 0.717) is 0 Å². The van der Waals surface area contributed by atoms with E-state index in [1.165, 1.54) is 27.4 Å². The topological polar surface area (TPSA) is 17.8 Å². The SMILES string of the molecule is C[C@@H](c1ccccc1)n1c(Cc2cccc3ccccc23)nc2ccccc21. The molecule has 0 spiro atoms. The Labute approximate surface area is 165 Å². The van der Waals surface area contributed by atoms with Gasteiger partial charge in [0.1, 0.15) is 5.82 Å². The van der Waals surface area contributed by atoms with E-state index in [-0.39, 0.29) is 6.04 Å². The summed E-state index contributed by atoms with van der Waals surface area (Å²) in [6, 6.07) is 34.5. The van der Waals surface area contributed by atoms with E-state index in [4.69, 9.17) is 4.98 Å². The summed E-state index contributed by atoms with van der Waals surface area (Å²) in [5.41, 5.74) is 4.86. The number of para-hydroxylation sites is 2. The zero-order valence-electron chi connectivity index (χ0n) is 15.9. The molecule has 1 atom stereocenters. The van der Waals surface area contributed by atoms with E-state index in [9.17, 15) is 0 Å². The van der Waals surface area contributed by atoms with Crippen LogP contribution in [0.4, 0.5) is 0 Å². The van der Waals surface area contributed by atoms with Gasteiger partial charge in [0.25, 0.3) is 0 Å². The van der Waals surface area contributed by atoms with Gasteiger partial charge < -0.3 is 4.57 Å². The molecule has 0 saturated heterocycles. The van der Waals surface area contributed by atoms with Gasteiger partial charge in [-0.3, -0.25) is 0 Å². The molecule has 0 aliphatic heterocycles. The average Bonchev–Trinajstić information content (AvgIpc) is 3.12. The van der Waals surface area contributed by atoms with Crippen LogP contribution in [0.25, 0.3) is 21.8 Å². The van der Waals surface area contributed by atoms with Crippen LogP contribution in [0.5, 0.6) is 0 Å². The Hall–Kier alpha value is -3.39. The summed E-state index contributed by atoms with van der Waals surface area (Å²) in [5.74, 6) is 1.11. The van der Waals surface area contributed by atoms with Gasteiger partial charge in [0.2, 0.25) is 0 Å². The van der Waals surface area contributed by atoms with Crippen molar-refractivity contribution in [3.05, 3.63) is 114 Å². The molecule has 1 heterocycles. The van der Waals surface area contributed by atoms with Crippen LogP contribution in [0.3, 0.4) is 0 Å². The maximum atomic E-state index is 5.02. The van der Waals surface area contributed by atoms with Crippen LogP contribution in [0, 0.1) is 0 Å². The van der Waals surface area contributed by atoms with Gasteiger partial charge in [-0.15, -0.1) is 0 Å². The van der Waals surface area contributed by atoms with Gasteiger partial charge in [0, 0.05) is 6.42 Å². The smallest absolute Gasteiger partial charge is 0.114 e. The Bertz CT molecular complexity index is 1250. The molecule has 2 nitrogen and oxygen atoms in total. The zero-order valence-corrected chi connectivity index (χ0v) is 15.9. The van der Waals surface area contributed by atoms with Gasteiger partial charge >= 0.3 is 0 Å². The second-order valence-corrected chi connectivity index (χ2v) is 7.29. The second kappa shape index (κ2) is 6.97. The summed E-state index contributed by atoms with van der Waals surface area (Å²) in [4.78, 5) is 5.02. The molecular formula is C26H22N2. The van der Waals surface area contributed by atoms with Crippen molar-refractivity contribution < 1.29 is 0 Å². The number of rotatable bonds is 4. The summed E-state index contributed by atoms with van der Waals surface area (Å²) in [5, 5.41) is 2.58. The van der Waals surface area contributed by atoms with Gasteiger partial charge in [-0.2, -0.15) is 0 Å². The zero-order chi connectivity index (χ0) is 18.9. The normalized spacial score (nSPS) is 12.5. The van der Waals surface area contributed by atoms with Crippen LogP contribution in [-0.4, -0.2) is 9.55 Å². The molecule has 0 saturated carbocycles. The highest BCUT2D eigenvalue weighted by atomic mass is 15.1. The fraction of sp³-hybridized carbons (Fsp3) is 0.115. The number of imidazole rings is 1. The van der Waals surface area contributed by atoms with Crippen LogP contribution >= 0.6 is 0 Å². The van der Waals surface area contributed by atoms with Gasteiger partial charge in [0.05, 0.1) is 17.1 Å². The van der Waals surface area contributed by atoms with Gasteiger partial charge in [-0.05, 0) is 41.0 Å². The molecule has 4 aromatic carbocycles. The standard InChI is InChI=1S/C26H22N2/c1-19(20-10-3-2-4-11-20)28-25-17-8-7-16-24(25)27-26(28)18-22-14-9-13-21-12-5-6-15-23(21)22/h2-17,19H,18H2,1H3/t19-/m0/s1. The van der Waals surface area contributed by atoms with Crippen LogP contribution in [0.1, 0.15) is 29.9 Å². The number of benzene rings is 4. The van der Waals surface area contributed by atoms with E-state index in [1.807, 2.05) is 0 Å². The molecule has 0 aliphatic carbocycles. The lowest BCUT2D eigenvalue weighted by molar-refractivity contribution is 0.627. The van der Waals surface area contributed by atoms with Gasteiger partial charge in [-0.1, -0.05) is 84.9 Å². The Morgan fingerprint density at radius 2 is 1.46 bits per heavy atom. The highest BCUT2D eigenvalue weighted by Crippen LogP contribution is 2.29. The highest BCUT2D eigenvalue weighted by Gasteiger charge is 2.18. The van der Waals surface area contributed by atoms with E-state index < -0.39 is 0 Å². The van der Waals surface area contributed by atoms with Crippen LogP contribution in [0.15, 0.2) is 97.1 Å². The first-order valence-corrected chi connectivity index (χ1v) is 9.79. The largest absolute Gasteiger partial charge is 0.320 e. The molecule has 28 heavy (non-hydrogen) atoms. The third-order valence-corrected chi connectivity index (χ3v) is 5.57. The minimum Gasteiger partial charge on any atom is -0.320 e. The predicted molar refractivity (Wildman–Crippen MR) is 117 cm³/mol. The number of nitrogens with zero attached hydrogens (tertiary/aromatic N) is 2. The van der Waals surface area contributed by atoms with Crippen LogP contribution in [-0.2, 0) is 6.42 Å². The molecule has 0 amide bonds. The first kappa shape index (κ1) is 16.8. The lowest BCUT2D eigenvalue weighted by atomic mass is 10.0. The molecule has 0 radical (unpaired) electrons. The van der Waals surface area contributed by atoms with Crippen LogP contribution < -0.4 is 0 Å². The van der Waals surface area contributed by atoms with Gasteiger partial charge in [-0.25, -0.2) is 4.98 Å². The summed E-state index contributed by atoms with van der Waals surface area (Å²) >= 11 is 0.